The van der Waals surface area contributed by atoms with Crippen LogP contribution in [0.25, 0.3) is 0 Å². The first-order valence-corrected chi connectivity index (χ1v) is 6.69. The largest absolute Gasteiger partial charge is 0.493 e. The molecule has 19 heavy (non-hydrogen) atoms. The van der Waals surface area contributed by atoms with Gasteiger partial charge in [0.1, 0.15) is 5.01 Å². The average Bonchev–Trinajstić information content (AvgIpc) is 2.82. The molecular formula is C14H15NO3S. The molecule has 0 saturated carbocycles. The minimum atomic E-state index is -0.0231. The number of methoxy groups -OCH3 is 2. The molecule has 0 atom stereocenters. The van der Waals surface area contributed by atoms with Crippen LogP contribution >= 0.6 is 11.3 Å². The maximum Gasteiger partial charge on any atom is 0.173 e. The fourth-order valence-electron chi connectivity index (χ4n) is 1.82. The molecule has 1 aromatic heterocycles. The number of ketones is 1. The van der Waals surface area contributed by atoms with E-state index >= 15 is 0 Å². The van der Waals surface area contributed by atoms with Crippen molar-refractivity contribution in [2.45, 2.75) is 13.3 Å². The quantitative estimate of drug-likeness (QED) is 0.788. The second-order valence-electron chi connectivity index (χ2n) is 4.02. The smallest absolute Gasteiger partial charge is 0.173 e. The molecule has 0 bridgehead atoms. The summed E-state index contributed by atoms with van der Waals surface area (Å²) in [6.45, 7) is 1.91. The maximum absolute atomic E-state index is 12.3. The number of nitrogens with zero attached hydrogens (tertiary/aromatic N) is 1. The maximum atomic E-state index is 12.3. The zero-order valence-electron chi connectivity index (χ0n) is 11.1. The highest BCUT2D eigenvalue weighted by Crippen LogP contribution is 2.31. The van der Waals surface area contributed by atoms with Crippen LogP contribution in [0.2, 0.25) is 0 Å². The predicted octanol–water partition coefficient (Wildman–Crippen LogP) is 2.89. The van der Waals surface area contributed by atoms with Gasteiger partial charge in [0.25, 0.3) is 0 Å². The Morgan fingerprint density at radius 3 is 2.68 bits per heavy atom. The Balaban J connectivity index is 2.28. The highest BCUT2D eigenvalue weighted by molar-refractivity contribution is 7.09. The molecule has 0 aliphatic heterocycles. The van der Waals surface area contributed by atoms with E-state index in [1.807, 2.05) is 12.3 Å². The minimum Gasteiger partial charge on any atom is -0.493 e. The van der Waals surface area contributed by atoms with Crippen LogP contribution in [0.4, 0.5) is 0 Å². The summed E-state index contributed by atoms with van der Waals surface area (Å²) in [7, 11) is 3.08. The average molecular weight is 277 g/mol. The van der Waals surface area contributed by atoms with Crippen molar-refractivity contribution in [1.82, 2.24) is 4.98 Å². The number of benzene rings is 1. The third-order valence-electron chi connectivity index (χ3n) is 2.68. The third kappa shape index (κ3) is 2.93. The number of aryl methyl sites for hydroxylation is 1. The summed E-state index contributed by atoms with van der Waals surface area (Å²) in [5.74, 6) is 1.01. The number of rotatable bonds is 5. The first-order valence-electron chi connectivity index (χ1n) is 5.81. The summed E-state index contributed by atoms with van der Waals surface area (Å²) in [4.78, 5) is 16.6. The zero-order chi connectivity index (χ0) is 13.8. The van der Waals surface area contributed by atoms with Gasteiger partial charge in [0, 0.05) is 11.1 Å². The number of thiazole rings is 1. The lowest BCUT2D eigenvalue weighted by Gasteiger charge is -2.11. The molecule has 0 unspecified atom stereocenters. The second kappa shape index (κ2) is 5.84. The van der Waals surface area contributed by atoms with Crippen molar-refractivity contribution in [2.24, 2.45) is 0 Å². The summed E-state index contributed by atoms with van der Waals surface area (Å²) >= 11 is 1.49. The van der Waals surface area contributed by atoms with Gasteiger partial charge in [0.05, 0.1) is 26.2 Å². The summed E-state index contributed by atoms with van der Waals surface area (Å²) < 4.78 is 10.5. The summed E-state index contributed by atoms with van der Waals surface area (Å²) in [5.41, 5.74) is 1.46. The van der Waals surface area contributed by atoms with Crippen LogP contribution in [-0.4, -0.2) is 25.0 Å². The fourth-order valence-corrected chi connectivity index (χ4v) is 2.59. The van der Waals surface area contributed by atoms with Crippen molar-refractivity contribution in [1.29, 1.82) is 0 Å². The molecular weight excluding hydrogens is 262 g/mol. The molecule has 1 heterocycles. The highest BCUT2D eigenvalue weighted by atomic mass is 32.1. The van der Waals surface area contributed by atoms with Crippen molar-refractivity contribution >= 4 is 17.1 Å². The Bertz CT molecular complexity index is 592. The Labute approximate surface area is 116 Å². The van der Waals surface area contributed by atoms with E-state index in [1.165, 1.54) is 18.4 Å². The predicted molar refractivity (Wildman–Crippen MR) is 74.4 cm³/mol. The fraction of sp³-hybridized carbons (Fsp3) is 0.286. The Morgan fingerprint density at radius 2 is 2.11 bits per heavy atom. The van der Waals surface area contributed by atoms with Gasteiger partial charge in [-0.3, -0.25) is 4.79 Å². The second-order valence-corrected chi connectivity index (χ2v) is 4.97. The standard InChI is InChI=1S/C14H15NO3S/c1-9-8-19-13(15-9)7-11(16)10-5-4-6-12(17-2)14(10)18-3/h4-6,8H,7H2,1-3H3. The van der Waals surface area contributed by atoms with Crippen LogP contribution in [-0.2, 0) is 6.42 Å². The van der Waals surface area contributed by atoms with Crippen molar-refractivity contribution in [3.63, 3.8) is 0 Å². The monoisotopic (exact) mass is 277 g/mol. The number of hydrogen-bond acceptors (Lipinski definition) is 5. The summed E-state index contributed by atoms with van der Waals surface area (Å²) in [6, 6.07) is 5.29. The van der Waals surface area contributed by atoms with Gasteiger partial charge in [-0.25, -0.2) is 4.98 Å². The Kier molecular flexibility index (Phi) is 4.16. The van der Waals surface area contributed by atoms with E-state index in [0.29, 0.717) is 17.1 Å². The molecule has 2 rings (SSSR count). The molecule has 0 radical (unpaired) electrons. The third-order valence-corrected chi connectivity index (χ3v) is 3.65. The van der Waals surface area contributed by atoms with Gasteiger partial charge in [-0.15, -0.1) is 11.3 Å². The van der Waals surface area contributed by atoms with Gasteiger partial charge in [-0.05, 0) is 19.1 Å². The van der Waals surface area contributed by atoms with E-state index in [-0.39, 0.29) is 12.2 Å². The van der Waals surface area contributed by atoms with Crippen molar-refractivity contribution in [3.05, 3.63) is 39.8 Å². The van der Waals surface area contributed by atoms with E-state index in [2.05, 4.69) is 4.98 Å². The Hall–Kier alpha value is -1.88. The molecule has 0 aliphatic rings. The van der Waals surface area contributed by atoms with Crippen molar-refractivity contribution in [3.8, 4) is 11.5 Å². The van der Waals surface area contributed by atoms with E-state index in [9.17, 15) is 4.79 Å². The SMILES string of the molecule is COc1cccc(C(=O)Cc2nc(C)cs2)c1OC. The van der Waals surface area contributed by atoms with Gasteiger partial charge in [0.2, 0.25) is 0 Å². The van der Waals surface area contributed by atoms with Crippen LogP contribution in [0.5, 0.6) is 11.5 Å². The van der Waals surface area contributed by atoms with Gasteiger partial charge < -0.3 is 9.47 Å². The lowest BCUT2D eigenvalue weighted by atomic mass is 10.1. The molecule has 0 spiro atoms. The number of ether oxygens (including phenoxy) is 2. The van der Waals surface area contributed by atoms with Gasteiger partial charge in [-0.2, -0.15) is 0 Å². The number of Topliss-reactive ketones (excluding diaryl/α,β-unsaturated/α-hetero) is 1. The van der Waals surface area contributed by atoms with Gasteiger partial charge in [0.15, 0.2) is 17.3 Å². The lowest BCUT2D eigenvalue weighted by Crippen LogP contribution is -2.06. The molecule has 100 valence electrons. The van der Waals surface area contributed by atoms with Crippen molar-refractivity contribution in [2.75, 3.05) is 14.2 Å². The molecule has 4 nitrogen and oxygen atoms in total. The minimum absolute atomic E-state index is 0.0231. The van der Waals surface area contributed by atoms with E-state index in [1.54, 1.807) is 25.3 Å². The van der Waals surface area contributed by atoms with Crippen LogP contribution in [0.1, 0.15) is 21.1 Å². The van der Waals surface area contributed by atoms with Crippen LogP contribution in [0, 0.1) is 6.92 Å². The number of hydrogen-bond donors (Lipinski definition) is 0. The van der Waals surface area contributed by atoms with Crippen LogP contribution in [0.3, 0.4) is 0 Å². The molecule has 0 amide bonds. The number of para-hydroxylation sites is 1. The van der Waals surface area contributed by atoms with Crippen molar-refractivity contribution < 1.29 is 14.3 Å². The number of aromatic nitrogens is 1. The summed E-state index contributed by atoms with van der Waals surface area (Å²) in [6.07, 6.45) is 0.280. The molecule has 0 saturated heterocycles. The molecule has 1 aromatic carbocycles. The lowest BCUT2D eigenvalue weighted by molar-refractivity contribution is 0.0989. The Morgan fingerprint density at radius 1 is 1.32 bits per heavy atom. The first-order chi connectivity index (χ1) is 9.15. The highest BCUT2D eigenvalue weighted by Gasteiger charge is 2.17. The zero-order valence-corrected chi connectivity index (χ0v) is 11.9. The summed E-state index contributed by atoms with van der Waals surface area (Å²) in [5, 5.41) is 2.75. The molecule has 2 aromatic rings. The normalized spacial score (nSPS) is 10.3. The first kappa shape index (κ1) is 13.5. The van der Waals surface area contributed by atoms with E-state index in [0.717, 1.165) is 10.7 Å². The van der Waals surface area contributed by atoms with E-state index < -0.39 is 0 Å². The van der Waals surface area contributed by atoms with Gasteiger partial charge >= 0.3 is 0 Å². The molecule has 0 aliphatic carbocycles. The molecule has 0 fully saturated rings. The molecule has 0 N–H and O–H groups in total. The number of carbonyl (C=O) groups excluding carboxylic acids is 1. The topological polar surface area (TPSA) is 48.4 Å². The van der Waals surface area contributed by atoms with E-state index in [4.69, 9.17) is 9.47 Å². The molecule has 5 heteroatoms. The van der Waals surface area contributed by atoms with Crippen LogP contribution < -0.4 is 9.47 Å². The number of carbonyl (C=O) groups is 1. The van der Waals surface area contributed by atoms with Gasteiger partial charge in [-0.1, -0.05) is 6.07 Å². The van der Waals surface area contributed by atoms with Crippen LogP contribution in [0.15, 0.2) is 23.6 Å².